The molecule has 1 aliphatic rings. The maximum absolute atomic E-state index is 4.52. The summed E-state index contributed by atoms with van der Waals surface area (Å²) >= 11 is 0. The number of aromatic nitrogens is 1. The Morgan fingerprint density at radius 3 is 2.89 bits per heavy atom. The number of hydrogen-bond donors (Lipinski definition) is 1. The van der Waals surface area contributed by atoms with Crippen LogP contribution in [0, 0.1) is 11.8 Å². The van der Waals surface area contributed by atoms with Crippen LogP contribution < -0.4 is 5.32 Å². The number of nitrogens with zero attached hydrogens (tertiary/aromatic N) is 2. The van der Waals surface area contributed by atoms with Crippen molar-refractivity contribution in [3.63, 3.8) is 0 Å². The van der Waals surface area contributed by atoms with E-state index in [1.807, 2.05) is 12.3 Å². The molecule has 0 saturated carbocycles. The van der Waals surface area contributed by atoms with Crippen molar-refractivity contribution in [1.29, 1.82) is 0 Å². The van der Waals surface area contributed by atoms with E-state index in [4.69, 9.17) is 0 Å². The Labute approximate surface area is 117 Å². The Bertz CT molecular complexity index is 405. The molecule has 3 nitrogen and oxygen atoms in total. The molecule has 1 aliphatic heterocycles. The number of anilines is 1. The molecule has 2 heterocycles. The van der Waals surface area contributed by atoms with Crippen molar-refractivity contribution < 1.29 is 0 Å². The van der Waals surface area contributed by atoms with Gasteiger partial charge in [0, 0.05) is 37.6 Å². The van der Waals surface area contributed by atoms with Crippen molar-refractivity contribution in [1.82, 2.24) is 9.88 Å². The number of likely N-dealkylation sites (tertiary alicyclic amines) is 1. The SMILES string of the molecule is CCNc1ccnc(CN2CC(C)CC(C)C2C)c1. The van der Waals surface area contributed by atoms with Crippen molar-refractivity contribution in [3.8, 4) is 0 Å². The molecule has 0 bridgehead atoms. The molecule has 3 heteroatoms. The van der Waals surface area contributed by atoms with Gasteiger partial charge in [-0.15, -0.1) is 0 Å². The standard InChI is InChI=1S/C16H27N3/c1-5-17-15-6-7-18-16(9-15)11-19-10-12(2)8-13(3)14(19)4/h6-7,9,12-14H,5,8,10-11H2,1-4H3,(H,17,18). The predicted molar refractivity (Wildman–Crippen MR) is 81.2 cm³/mol. The van der Waals surface area contributed by atoms with Crippen molar-refractivity contribution in [2.75, 3.05) is 18.4 Å². The largest absolute Gasteiger partial charge is 0.385 e. The molecule has 0 spiro atoms. The fraction of sp³-hybridized carbons (Fsp3) is 0.688. The topological polar surface area (TPSA) is 28.2 Å². The number of piperidine rings is 1. The molecule has 1 fully saturated rings. The molecule has 1 N–H and O–H groups in total. The van der Waals surface area contributed by atoms with Crippen LogP contribution in [0.25, 0.3) is 0 Å². The summed E-state index contributed by atoms with van der Waals surface area (Å²) in [6.07, 6.45) is 3.26. The first-order valence-corrected chi connectivity index (χ1v) is 7.53. The van der Waals surface area contributed by atoms with E-state index in [1.165, 1.54) is 24.3 Å². The molecular weight excluding hydrogens is 234 g/mol. The summed E-state index contributed by atoms with van der Waals surface area (Å²) in [6, 6.07) is 4.87. The van der Waals surface area contributed by atoms with E-state index in [-0.39, 0.29) is 0 Å². The minimum absolute atomic E-state index is 0.654. The summed E-state index contributed by atoms with van der Waals surface area (Å²) in [6.45, 7) is 12.3. The van der Waals surface area contributed by atoms with Gasteiger partial charge in [0.2, 0.25) is 0 Å². The van der Waals surface area contributed by atoms with Crippen LogP contribution in [0.3, 0.4) is 0 Å². The summed E-state index contributed by atoms with van der Waals surface area (Å²) in [5, 5.41) is 3.36. The highest BCUT2D eigenvalue weighted by Gasteiger charge is 2.28. The van der Waals surface area contributed by atoms with Gasteiger partial charge in [-0.05, 0) is 44.2 Å². The first-order valence-electron chi connectivity index (χ1n) is 7.53. The first kappa shape index (κ1) is 14.3. The van der Waals surface area contributed by atoms with Crippen molar-refractivity contribution in [2.24, 2.45) is 11.8 Å². The van der Waals surface area contributed by atoms with Gasteiger partial charge in [-0.1, -0.05) is 13.8 Å². The Hall–Kier alpha value is -1.09. The highest BCUT2D eigenvalue weighted by atomic mass is 15.2. The predicted octanol–water partition coefficient (Wildman–Crippen LogP) is 3.38. The molecule has 1 aromatic heterocycles. The highest BCUT2D eigenvalue weighted by molar-refractivity contribution is 5.42. The normalized spacial score (nSPS) is 28.3. The molecular formula is C16H27N3. The minimum Gasteiger partial charge on any atom is -0.385 e. The highest BCUT2D eigenvalue weighted by Crippen LogP contribution is 2.28. The Morgan fingerprint density at radius 1 is 1.37 bits per heavy atom. The van der Waals surface area contributed by atoms with E-state index in [1.54, 1.807) is 0 Å². The number of rotatable bonds is 4. The van der Waals surface area contributed by atoms with Gasteiger partial charge in [0.15, 0.2) is 0 Å². The van der Waals surface area contributed by atoms with Gasteiger partial charge >= 0.3 is 0 Å². The van der Waals surface area contributed by atoms with Crippen LogP contribution in [0.2, 0.25) is 0 Å². The van der Waals surface area contributed by atoms with Crippen LogP contribution in [0.4, 0.5) is 5.69 Å². The molecule has 2 rings (SSSR count). The molecule has 19 heavy (non-hydrogen) atoms. The third-order valence-corrected chi connectivity index (χ3v) is 4.28. The van der Waals surface area contributed by atoms with Crippen LogP contribution in [0.15, 0.2) is 18.3 Å². The van der Waals surface area contributed by atoms with Crippen LogP contribution in [-0.2, 0) is 6.54 Å². The van der Waals surface area contributed by atoms with Gasteiger partial charge in [0.1, 0.15) is 0 Å². The first-order chi connectivity index (χ1) is 9.10. The van der Waals surface area contributed by atoms with Gasteiger partial charge in [0.05, 0.1) is 5.69 Å². The minimum atomic E-state index is 0.654. The molecule has 1 aromatic rings. The van der Waals surface area contributed by atoms with E-state index >= 15 is 0 Å². The van der Waals surface area contributed by atoms with Crippen molar-refractivity contribution in [2.45, 2.75) is 46.7 Å². The monoisotopic (exact) mass is 261 g/mol. The van der Waals surface area contributed by atoms with E-state index in [9.17, 15) is 0 Å². The van der Waals surface area contributed by atoms with Crippen LogP contribution in [0.5, 0.6) is 0 Å². The Morgan fingerprint density at radius 2 is 2.16 bits per heavy atom. The zero-order chi connectivity index (χ0) is 13.8. The van der Waals surface area contributed by atoms with Crippen molar-refractivity contribution >= 4 is 5.69 Å². The quantitative estimate of drug-likeness (QED) is 0.900. The zero-order valence-electron chi connectivity index (χ0n) is 12.7. The van der Waals surface area contributed by atoms with E-state index < -0.39 is 0 Å². The maximum Gasteiger partial charge on any atom is 0.0564 e. The molecule has 106 valence electrons. The smallest absolute Gasteiger partial charge is 0.0564 e. The molecule has 0 radical (unpaired) electrons. The molecule has 1 saturated heterocycles. The van der Waals surface area contributed by atoms with Gasteiger partial charge < -0.3 is 5.32 Å². The maximum atomic E-state index is 4.52. The lowest BCUT2D eigenvalue weighted by molar-refractivity contribution is 0.0718. The third kappa shape index (κ3) is 3.69. The summed E-state index contributed by atoms with van der Waals surface area (Å²) < 4.78 is 0. The lowest BCUT2D eigenvalue weighted by Crippen LogP contribution is -2.45. The van der Waals surface area contributed by atoms with E-state index in [2.05, 4.69) is 49.0 Å². The van der Waals surface area contributed by atoms with Crippen LogP contribution in [-0.4, -0.2) is 29.0 Å². The van der Waals surface area contributed by atoms with Crippen molar-refractivity contribution in [3.05, 3.63) is 24.0 Å². The number of hydrogen-bond acceptors (Lipinski definition) is 3. The number of pyridine rings is 1. The lowest BCUT2D eigenvalue weighted by Gasteiger charge is -2.41. The second kappa shape index (κ2) is 6.38. The summed E-state index contributed by atoms with van der Waals surface area (Å²) in [5.41, 5.74) is 2.35. The average molecular weight is 261 g/mol. The molecule has 0 amide bonds. The van der Waals surface area contributed by atoms with E-state index in [0.29, 0.717) is 6.04 Å². The summed E-state index contributed by atoms with van der Waals surface area (Å²) in [4.78, 5) is 7.10. The van der Waals surface area contributed by atoms with Crippen LogP contribution in [0.1, 0.15) is 39.8 Å². The van der Waals surface area contributed by atoms with Gasteiger partial charge in [0.25, 0.3) is 0 Å². The van der Waals surface area contributed by atoms with E-state index in [0.717, 1.165) is 24.9 Å². The summed E-state index contributed by atoms with van der Waals surface area (Å²) in [5.74, 6) is 1.57. The number of nitrogens with one attached hydrogen (secondary N) is 1. The molecule has 3 atom stereocenters. The molecule has 3 unspecified atom stereocenters. The lowest BCUT2D eigenvalue weighted by atomic mass is 9.86. The third-order valence-electron chi connectivity index (χ3n) is 4.28. The van der Waals surface area contributed by atoms with Crippen LogP contribution >= 0.6 is 0 Å². The second-order valence-electron chi connectivity index (χ2n) is 6.05. The second-order valence-corrected chi connectivity index (χ2v) is 6.05. The Balaban J connectivity index is 2.05. The molecule has 0 aliphatic carbocycles. The fourth-order valence-corrected chi connectivity index (χ4v) is 3.13. The Kier molecular flexibility index (Phi) is 4.81. The van der Waals surface area contributed by atoms with Gasteiger partial charge in [-0.2, -0.15) is 0 Å². The average Bonchev–Trinajstić information content (AvgIpc) is 2.36. The van der Waals surface area contributed by atoms with Gasteiger partial charge in [-0.3, -0.25) is 9.88 Å². The van der Waals surface area contributed by atoms with Gasteiger partial charge in [-0.25, -0.2) is 0 Å². The summed E-state index contributed by atoms with van der Waals surface area (Å²) in [7, 11) is 0. The zero-order valence-corrected chi connectivity index (χ0v) is 12.7. The fourth-order valence-electron chi connectivity index (χ4n) is 3.13. The molecule has 0 aromatic carbocycles.